The molecule has 1 aromatic carbocycles. The number of carbonyl (C=O) groups excluding carboxylic acids is 1. The van der Waals surface area contributed by atoms with Crippen molar-refractivity contribution < 1.29 is 4.79 Å². The van der Waals surface area contributed by atoms with Gasteiger partial charge in [-0.1, -0.05) is 28.1 Å². The van der Waals surface area contributed by atoms with Crippen molar-refractivity contribution in [3.63, 3.8) is 0 Å². The predicted octanol–water partition coefficient (Wildman–Crippen LogP) is 3.11. The Labute approximate surface area is 141 Å². The number of benzene rings is 1. The zero-order valence-corrected chi connectivity index (χ0v) is 14.7. The maximum absolute atomic E-state index is 12.9. The number of likely N-dealkylation sites (tertiary alicyclic amines) is 1. The molecule has 1 aliphatic heterocycles. The lowest BCUT2D eigenvalue weighted by molar-refractivity contribution is -0.135. The molecule has 1 heterocycles. The van der Waals surface area contributed by atoms with Gasteiger partial charge >= 0.3 is 0 Å². The summed E-state index contributed by atoms with van der Waals surface area (Å²) < 4.78 is 1.07. The standard InChI is InChI=1S/C16H21BrN2O.ClH/c1-18-14-3-2-10-19(11-14)15(20)16(8-9-16)12-4-6-13(17)7-5-12;/h4-7,14,18H,2-3,8-11H2,1H3;1H. The van der Waals surface area contributed by atoms with Gasteiger partial charge in [0.2, 0.25) is 5.91 Å². The second-order valence-corrected chi connectivity index (χ2v) is 6.88. The van der Waals surface area contributed by atoms with E-state index in [0.29, 0.717) is 11.9 Å². The first-order valence-electron chi connectivity index (χ1n) is 7.38. The Morgan fingerprint density at radius 3 is 2.57 bits per heavy atom. The monoisotopic (exact) mass is 372 g/mol. The maximum atomic E-state index is 12.9. The highest BCUT2D eigenvalue weighted by molar-refractivity contribution is 9.10. The van der Waals surface area contributed by atoms with E-state index >= 15 is 0 Å². The molecule has 1 saturated carbocycles. The maximum Gasteiger partial charge on any atom is 0.233 e. The van der Waals surface area contributed by atoms with Crippen molar-refractivity contribution >= 4 is 34.2 Å². The summed E-state index contributed by atoms with van der Waals surface area (Å²) in [6.45, 7) is 1.77. The van der Waals surface area contributed by atoms with Gasteiger partial charge < -0.3 is 10.2 Å². The van der Waals surface area contributed by atoms with Gasteiger partial charge in [0.15, 0.2) is 0 Å². The van der Waals surface area contributed by atoms with Crippen molar-refractivity contribution in [2.45, 2.75) is 37.1 Å². The average Bonchev–Trinajstić information content (AvgIpc) is 3.29. The molecule has 21 heavy (non-hydrogen) atoms. The fourth-order valence-corrected chi connectivity index (χ4v) is 3.48. The van der Waals surface area contributed by atoms with E-state index < -0.39 is 0 Å². The van der Waals surface area contributed by atoms with Gasteiger partial charge in [-0.05, 0) is 50.4 Å². The van der Waals surface area contributed by atoms with E-state index in [1.165, 1.54) is 12.0 Å². The van der Waals surface area contributed by atoms with Gasteiger partial charge in [-0.15, -0.1) is 12.4 Å². The summed E-state index contributed by atoms with van der Waals surface area (Å²) in [5.41, 5.74) is 0.952. The predicted molar refractivity (Wildman–Crippen MR) is 91.0 cm³/mol. The Morgan fingerprint density at radius 2 is 2.00 bits per heavy atom. The molecule has 5 heteroatoms. The molecule has 3 nitrogen and oxygen atoms in total. The molecule has 1 N–H and O–H groups in total. The van der Waals surface area contributed by atoms with Gasteiger partial charge in [0.25, 0.3) is 0 Å². The normalized spacial score (nSPS) is 23.3. The van der Waals surface area contributed by atoms with Gasteiger partial charge in [0.05, 0.1) is 5.41 Å². The summed E-state index contributed by atoms with van der Waals surface area (Å²) in [5.74, 6) is 0.333. The van der Waals surface area contributed by atoms with Crippen LogP contribution in [0.25, 0.3) is 0 Å². The van der Waals surface area contributed by atoms with Gasteiger partial charge in [0.1, 0.15) is 0 Å². The van der Waals surface area contributed by atoms with Crippen LogP contribution in [-0.4, -0.2) is 37.0 Å². The summed E-state index contributed by atoms with van der Waals surface area (Å²) in [6, 6.07) is 8.71. The van der Waals surface area contributed by atoms with Crippen molar-refractivity contribution in [1.82, 2.24) is 10.2 Å². The van der Waals surface area contributed by atoms with Crippen molar-refractivity contribution in [2.24, 2.45) is 0 Å². The molecule has 2 aliphatic rings. The van der Waals surface area contributed by atoms with E-state index in [-0.39, 0.29) is 17.8 Å². The summed E-state index contributed by atoms with van der Waals surface area (Å²) in [6.07, 6.45) is 4.27. The van der Waals surface area contributed by atoms with Crippen LogP contribution in [0.1, 0.15) is 31.2 Å². The van der Waals surface area contributed by atoms with E-state index in [1.54, 1.807) is 0 Å². The Hall–Kier alpha value is -0.580. The number of rotatable bonds is 3. The highest BCUT2D eigenvalue weighted by Crippen LogP contribution is 2.50. The van der Waals surface area contributed by atoms with Crippen LogP contribution in [0.5, 0.6) is 0 Å². The third kappa shape index (κ3) is 3.27. The lowest BCUT2D eigenvalue weighted by atomic mass is 9.93. The molecular weight excluding hydrogens is 352 g/mol. The van der Waals surface area contributed by atoms with Crippen LogP contribution in [0.3, 0.4) is 0 Å². The van der Waals surface area contributed by atoms with Crippen LogP contribution in [0.15, 0.2) is 28.7 Å². The van der Waals surface area contributed by atoms with E-state index in [9.17, 15) is 4.79 Å². The van der Waals surface area contributed by atoms with Crippen LogP contribution in [0.4, 0.5) is 0 Å². The van der Waals surface area contributed by atoms with Gasteiger partial charge in [-0.3, -0.25) is 4.79 Å². The van der Waals surface area contributed by atoms with Gasteiger partial charge in [-0.2, -0.15) is 0 Å². The van der Waals surface area contributed by atoms with Crippen molar-refractivity contribution in [3.05, 3.63) is 34.3 Å². The number of carbonyl (C=O) groups is 1. The van der Waals surface area contributed by atoms with E-state index in [2.05, 4.69) is 38.3 Å². The molecule has 2 fully saturated rings. The zero-order chi connectivity index (χ0) is 14.2. The molecular formula is C16H22BrClN2O. The van der Waals surface area contributed by atoms with Crippen molar-refractivity contribution in [3.8, 4) is 0 Å². The van der Waals surface area contributed by atoms with Crippen molar-refractivity contribution in [1.29, 1.82) is 0 Å². The van der Waals surface area contributed by atoms with Crippen LogP contribution in [0, 0.1) is 0 Å². The minimum atomic E-state index is -0.226. The quantitative estimate of drug-likeness (QED) is 0.883. The Balaban J connectivity index is 0.00000161. The Kier molecular flexibility index (Phi) is 5.33. The smallest absolute Gasteiger partial charge is 0.233 e. The van der Waals surface area contributed by atoms with E-state index in [0.717, 1.165) is 36.8 Å². The molecule has 0 aromatic heterocycles. The highest BCUT2D eigenvalue weighted by atomic mass is 79.9. The lowest BCUT2D eigenvalue weighted by Gasteiger charge is -2.35. The summed E-state index contributed by atoms with van der Waals surface area (Å²) in [4.78, 5) is 15.0. The fraction of sp³-hybridized carbons (Fsp3) is 0.562. The second-order valence-electron chi connectivity index (χ2n) is 5.97. The SMILES string of the molecule is CNC1CCCN(C(=O)C2(c3ccc(Br)cc3)CC2)C1.Cl. The largest absolute Gasteiger partial charge is 0.340 e. The first-order valence-corrected chi connectivity index (χ1v) is 8.18. The van der Waals surface area contributed by atoms with Crippen LogP contribution in [-0.2, 0) is 10.2 Å². The second kappa shape index (κ2) is 6.67. The molecule has 1 saturated heterocycles. The topological polar surface area (TPSA) is 32.3 Å². The van der Waals surface area contributed by atoms with Crippen LogP contribution < -0.4 is 5.32 Å². The number of nitrogens with one attached hydrogen (secondary N) is 1. The minimum Gasteiger partial charge on any atom is -0.340 e. The highest BCUT2D eigenvalue weighted by Gasteiger charge is 2.53. The third-order valence-electron chi connectivity index (χ3n) is 4.67. The molecule has 1 aromatic rings. The number of piperidine rings is 1. The Morgan fingerprint density at radius 1 is 1.33 bits per heavy atom. The summed E-state index contributed by atoms with van der Waals surface area (Å²) >= 11 is 3.46. The number of hydrogen-bond donors (Lipinski definition) is 1. The van der Waals surface area contributed by atoms with Crippen LogP contribution in [0.2, 0.25) is 0 Å². The van der Waals surface area contributed by atoms with Gasteiger partial charge in [0, 0.05) is 23.6 Å². The third-order valence-corrected chi connectivity index (χ3v) is 5.20. The molecule has 1 amide bonds. The number of hydrogen-bond acceptors (Lipinski definition) is 2. The van der Waals surface area contributed by atoms with Gasteiger partial charge in [-0.25, -0.2) is 0 Å². The average molecular weight is 374 g/mol. The van der Waals surface area contributed by atoms with Crippen LogP contribution >= 0.6 is 28.3 Å². The first-order chi connectivity index (χ1) is 9.65. The number of amides is 1. The molecule has 0 radical (unpaired) electrons. The Bertz CT molecular complexity index is 502. The molecule has 0 spiro atoms. The molecule has 0 bridgehead atoms. The molecule has 1 atom stereocenters. The zero-order valence-electron chi connectivity index (χ0n) is 12.3. The summed E-state index contributed by atoms with van der Waals surface area (Å²) in [7, 11) is 1.99. The van der Waals surface area contributed by atoms with E-state index in [4.69, 9.17) is 0 Å². The molecule has 3 rings (SSSR count). The lowest BCUT2D eigenvalue weighted by Crippen LogP contribution is -2.50. The van der Waals surface area contributed by atoms with E-state index in [1.807, 2.05) is 19.2 Å². The molecule has 116 valence electrons. The number of nitrogens with zero attached hydrogens (tertiary/aromatic N) is 1. The summed E-state index contributed by atoms with van der Waals surface area (Å²) in [5, 5.41) is 3.31. The fourth-order valence-electron chi connectivity index (χ4n) is 3.22. The molecule has 1 aliphatic carbocycles. The molecule has 1 unspecified atom stereocenters. The first kappa shape index (κ1) is 16.8. The minimum absolute atomic E-state index is 0. The number of halogens is 2. The van der Waals surface area contributed by atoms with Crippen molar-refractivity contribution in [2.75, 3.05) is 20.1 Å². The number of likely N-dealkylation sites (N-methyl/N-ethyl adjacent to an activating group) is 1.